The Labute approximate surface area is 192 Å². The Kier molecular flexibility index (Phi) is 6.50. The summed E-state index contributed by atoms with van der Waals surface area (Å²) in [5.41, 5.74) is 2.54. The Morgan fingerprint density at radius 3 is 2.41 bits per heavy atom. The van der Waals surface area contributed by atoms with Gasteiger partial charge in [-0.3, -0.25) is 4.72 Å². The Bertz CT molecular complexity index is 1210. The zero-order valence-corrected chi connectivity index (χ0v) is 19.4. The van der Waals surface area contributed by atoms with Crippen molar-refractivity contribution in [3.63, 3.8) is 0 Å². The summed E-state index contributed by atoms with van der Waals surface area (Å²) < 4.78 is 33.5. The van der Waals surface area contributed by atoms with Gasteiger partial charge < -0.3 is 15.0 Å². The van der Waals surface area contributed by atoms with Crippen LogP contribution in [0.15, 0.2) is 53.4 Å². The van der Waals surface area contributed by atoms with Gasteiger partial charge in [0.25, 0.3) is 10.0 Å². The molecule has 0 amide bonds. The molecule has 2 N–H and O–H groups in total. The molecule has 2 heterocycles. The molecule has 32 heavy (non-hydrogen) atoms. The van der Waals surface area contributed by atoms with Crippen molar-refractivity contribution in [3.8, 4) is 0 Å². The van der Waals surface area contributed by atoms with E-state index >= 15 is 0 Å². The van der Waals surface area contributed by atoms with E-state index in [0.717, 1.165) is 30.3 Å². The highest BCUT2D eigenvalue weighted by Crippen LogP contribution is 2.26. The van der Waals surface area contributed by atoms with Crippen LogP contribution in [0.25, 0.3) is 0 Å². The summed E-state index contributed by atoms with van der Waals surface area (Å²) in [6, 6.07) is 13.6. The van der Waals surface area contributed by atoms with E-state index in [1.807, 2.05) is 13.0 Å². The van der Waals surface area contributed by atoms with Gasteiger partial charge in [0.2, 0.25) is 5.95 Å². The molecule has 0 bridgehead atoms. The number of nitrogens with one attached hydrogen (secondary N) is 2. The maximum Gasteiger partial charge on any atom is 0.262 e. The fraction of sp³-hybridized carbons (Fsp3) is 0.273. The lowest BCUT2D eigenvalue weighted by Crippen LogP contribution is -2.36. The number of hydrogen-bond acceptors (Lipinski definition) is 7. The van der Waals surface area contributed by atoms with Crippen LogP contribution in [0.1, 0.15) is 11.3 Å². The largest absolute Gasteiger partial charge is 0.378 e. The number of morpholine rings is 1. The van der Waals surface area contributed by atoms with Gasteiger partial charge in [-0.25, -0.2) is 13.4 Å². The van der Waals surface area contributed by atoms with Crippen LogP contribution in [0.2, 0.25) is 5.02 Å². The van der Waals surface area contributed by atoms with Crippen LogP contribution in [0.4, 0.5) is 23.1 Å². The number of ether oxygens (including phenoxy) is 1. The van der Waals surface area contributed by atoms with E-state index < -0.39 is 10.0 Å². The molecule has 3 aromatic rings. The van der Waals surface area contributed by atoms with Gasteiger partial charge in [-0.2, -0.15) is 4.98 Å². The summed E-state index contributed by atoms with van der Waals surface area (Å²) in [6.07, 6.45) is 0. The van der Waals surface area contributed by atoms with E-state index in [9.17, 15) is 8.42 Å². The van der Waals surface area contributed by atoms with E-state index in [4.69, 9.17) is 16.3 Å². The van der Waals surface area contributed by atoms with Crippen LogP contribution in [-0.2, 0) is 14.8 Å². The van der Waals surface area contributed by atoms with E-state index in [-0.39, 0.29) is 4.90 Å². The van der Waals surface area contributed by atoms with Gasteiger partial charge in [0.1, 0.15) is 5.82 Å². The lowest BCUT2D eigenvalue weighted by Gasteiger charge is -2.28. The van der Waals surface area contributed by atoms with Gasteiger partial charge in [-0.05, 0) is 55.8 Å². The Morgan fingerprint density at radius 2 is 1.69 bits per heavy atom. The molecule has 1 fully saturated rings. The Morgan fingerprint density at radius 1 is 1.00 bits per heavy atom. The standard InChI is InChI=1S/C22H24ClN5O3S/c1-15-14-21(28-10-12-31-13-11-28)26-22(24-15)25-17-6-8-18(9-7-17)27-32(29,30)20-5-3-4-19(23)16(20)2/h3-9,14,27H,10-13H2,1-2H3,(H,24,25,26). The summed E-state index contributed by atoms with van der Waals surface area (Å²) in [6.45, 7) is 6.53. The highest BCUT2D eigenvalue weighted by Gasteiger charge is 2.18. The smallest absolute Gasteiger partial charge is 0.262 e. The third-order valence-corrected chi connectivity index (χ3v) is 7.01. The number of nitrogens with zero attached hydrogens (tertiary/aromatic N) is 3. The second kappa shape index (κ2) is 9.32. The summed E-state index contributed by atoms with van der Waals surface area (Å²) >= 11 is 6.07. The Hall–Kier alpha value is -2.88. The summed E-state index contributed by atoms with van der Waals surface area (Å²) in [5, 5.41) is 3.59. The third kappa shape index (κ3) is 5.12. The first-order valence-corrected chi connectivity index (χ1v) is 12.0. The molecule has 8 nitrogen and oxygen atoms in total. The molecule has 1 saturated heterocycles. The van der Waals surface area contributed by atoms with Gasteiger partial charge in [-0.15, -0.1) is 0 Å². The zero-order chi connectivity index (χ0) is 22.7. The molecule has 2 aromatic carbocycles. The summed E-state index contributed by atoms with van der Waals surface area (Å²) in [7, 11) is -3.76. The predicted molar refractivity (Wildman–Crippen MR) is 127 cm³/mol. The number of anilines is 4. The lowest BCUT2D eigenvalue weighted by atomic mass is 10.2. The molecule has 10 heteroatoms. The molecule has 1 aliphatic heterocycles. The lowest BCUT2D eigenvalue weighted by molar-refractivity contribution is 0.122. The van der Waals surface area contributed by atoms with Crippen molar-refractivity contribution in [1.82, 2.24) is 9.97 Å². The molecule has 0 spiro atoms. The molecule has 0 unspecified atom stereocenters. The van der Waals surface area contributed by atoms with Crippen LogP contribution in [0.3, 0.4) is 0 Å². The van der Waals surface area contributed by atoms with Crippen molar-refractivity contribution in [3.05, 3.63) is 64.8 Å². The average Bonchev–Trinajstić information content (AvgIpc) is 2.77. The first-order valence-electron chi connectivity index (χ1n) is 10.2. The molecule has 1 aliphatic rings. The fourth-order valence-electron chi connectivity index (χ4n) is 3.40. The molecule has 4 rings (SSSR count). The van der Waals surface area contributed by atoms with Crippen molar-refractivity contribution in [2.75, 3.05) is 41.2 Å². The van der Waals surface area contributed by atoms with Crippen molar-refractivity contribution >= 4 is 44.8 Å². The molecule has 0 saturated carbocycles. The quantitative estimate of drug-likeness (QED) is 0.555. The normalized spacial score (nSPS) is 14.3. The maximum absolute atomic E-state index is 12.8. The van der Waals surface area contributed by atoms with E-state index in [2.05, 4.69) is 24.9 Å². The number of aromatic nitrogens is 2. The summed E-state index contributed by atoms with van der Waals surface area (Å²) in [4.78, 5) is 11.4. The number of sulfonamides is 1. The second-order valence-corrected chi connectivity index (χ2v) is 9.52. The zero-order valence-electron chi connectivity index (χ0n) is 17.8. The van der Waals surface area contributed by atoms with Crippen molar-refractivity contribution in [2.45, 2.75) is 18.7 Å². The van der Waals surface area contributed by atoms with Crippen molar-refractivity contribution < 1.29 is 13.2 Å². The predicted octanol–water partition coefficient (Wildman–Crippen LogP) is 4.13. The highest BCUT2D eigenvalue weighted by atomic mass is 35.5. The van der Waals surface area contributed by atoms with Crippen molar-refractivity contribution in [1.29, 1.82) is 0 Å². The number of rotatable bonds is 6. The van der Waals surface area contributed by atoms with Crippen LogP contribution in [0.5, 0.6) is 0 Å². The molecule has 0 aliphatic carbocycles. The SMILES string of the molecule is Cc1cc(N2CCOCC2)nc(Nc2ccc(NS(=O)(=O)c3cccc(Cl)c3C)cc2)n1. The highest BCUT2D eigenvalue weighted by molar-refractivity contribution is 7.92. The number of hydrogen-bond donors (Lipinski definition) is 2. The first kappa shape index (κ1) is 22.3. The van der Waals surface area contributed by atoms with Crippen molar-refractivity contribution in [2.24, 2.45) is 0 Å². The second-order valence-electron chi connectivity index (χ2n) is 7.46. The first-order chi connectivity index (χ1) is 15.3. The molecular weight excluding hydrogens is 450 g/mol. The summed E-state index contributed by atoms with van der Waals surface area (Å²) in [5.74, 6) is 1.33. The van der Waals surface area contributed by atoms with E-state index in [1.165, 1.54) is 6.07 Å². The van der Waals surface area contributed by atoms with Gasteiger partial charge in [0, 0.05) is 41.2 Å². The van der Waals surface area contributed by atoms with Gasteiger partial charge in [0.15, 0.2) is 0 Å². The van der Waals surface area contributed by atoms with E-state index in [0.29, 0.717) is 35.4 Å². The monoisotopic (exact) mass is 473 g/mol. The van der Waals surface area contributed by atoms with Gasteiger partial charge in [-0.1, -0.05) is 17.7 Å². The molecule has 168 valence electrons. The van der Waals surface area contributed by atoms with Crippen LogP contribution in [-0.4, -0.2) is 44.7 Å². The Balaban J connectivity index is 1.48. The topological polar surface area (TPSA) is 96.5 Å². The van der Waals surface area contributed by atoms with Crippen LogP contribution in [0, 0.1) is 13.8 Å². The minimum atomic E-state index is -3.76. The number of halogens is 1. The van der Waals surface area contributed by atoms with Crippen LogP contribution < -0.4 is 14.9 Å². The van der Waals surface area contributed by atoms with Gasteiger partial charge >= 0.3 is 0 Å². The third-order valence-electron chi connectivity index (χ3n) is 5.08. The average molecular weight is 474 g/mol. The molecule has 0 atom stereocenters. The maximum atomic E-state index is 12.8. The van der Waals surface area contributed by atoms with E-state index in [1.54, 1.807) is 43.3 Å². The fourth-order valence-corrected chi connectivity index (χ4v) is 4.96. The van der Waals surface area contributed by atoms with Crippen LogP contribution >= 0.6 is 11.6 Å². The molecule has 0 radical (unpaired) electrons. The van der Waals surface area contributed by atoms with Gasteiger partial charge in [0.05, 0.1) is 18.1 Å². The number of benzene rings is 2. The minimum absolute atomic E-state index is 0.149. The minimum Gasteiger partial charge on any atom is -0.378 e. The molecule has 1 aromatic heterocycles. The molecular formula is C22H24ClN5O3S. The number of aryl methyl sites for hydroxylation is 1.